The summed E-state index contributed by atoms with van der Waals surface area (Å²) in [7, 11) is -4.04. The fraction of sp³-hybridized carbons (Fsp3) is 0.250. The van der Waals surface area contributed by atoms with Crippen LogP contribution in [0.15, 0.2) is 41.3 Å². The second-order valence-corrected chi connectivity index (χ2v) is 7.17. The first-order chi connectivity index (χ1) is 10.4. The fourth-order valence-electron chi connectivity index (χ4n) is 2.81. The molecule has 0 saturated heterocycles. The molecule has 0 fully saturated rings. The largest absolute Gasteiger partial charge is 0.244 e. The summed E-state index contributed by atoms with van der Waals surface area (Å²) in [6, 6.07) is 7.91. The lowest BCUT2D eigenvalue weighted by Gasteiger charge is -2.15. The zero-order valence-electron chi connectivity index (χ0n) is 11.9. The highest BCUT2D eigenvalue weighted by Gasteiger charge is 2.29. The normalized spacial score (nSPS) is 17.5. The highest BCUT2D eigenvalue weighted by molar-refractivity contribution is 7.89. The zero-order valence-corrected chi connectivity index (χ0v) is 12.8. The minimum absolute atomic E-state index is 0.384. The smallest absolute Gasteiger partial charge is 0.207 e. The molecule has 0 heterocycles. The van der Waals surface area contributed by atoms with E-state index in [9.17, 15) is 17.2 Å². The maximum absolute atomic E-state index is 13.7. The third-order valence-corrected chi connectivity index (χ3v) is 5.36. The van der Waals surface area contributed by atoms with Crippen molar-refractivity contribution >= 4 is 10.0 Å². The lowest BCUT2D eigenvalue weighted by molar-refractivity contribution is 0.530. The van der Waals surface area contributed by atoms with E-state index in [0.29, 0.717) is 12.5 Å². The van der Waals surface area contributed by atoms with E-state index in [1.807, 2.05) is 25.1 Å². The molecule has 2 aromatic rings. The third-order valence-electron chi connectivity index (χ3n) is 3.86. The van der Waals surface area contributed by atoms with Crippen LogP contribution in [-0.2, 0) is 16.4 Å². The van der Waals surface area contributed by atoms with Gasteiger partial charge >= 0.3 is 0 Å². The number of nitrogens with one attached hydrogen (secondary N) is 1. The van der Waals surface area contributed by atoms with Crippen molar-refractivity contribution in [2.75, 3.05) is 0 Å². The molecular weight excluding hydrogens is 308 g/mol. The van der Waals surface area contributed by atoms with Gasteiger partial charge in [-0.25, -0.2) is 21.9 Å². The number of hydrogen-bond acceptors (Lipinski definition) is 2. The van der Waals surface area contributed by atoms with E-state index >= 15 is 0 Å². The summed E-state index contributed by atoms with van der Waals surface area (Å²) >= 11 is 0. The molecule has 3 nitrogen and oxygen atoms in total. The Hall–Kier alpha value is -1.79. The number of rotatable bonds is 3. The molecule has 0 radical (unpaired) electrons. The van der Waals surface area contributed by atoms with Crippen LogP contribution in [0.3, 0.4) is 0 Å². The summed E-state index contributed by atoms with van der Waals surface area (Å²) in [6.07, 6.45) is 1.40. The summed E-state index contributed by atoms with van der Waals surface area (Å²) in [6.45, 7) is 1.98. The van der Waals surface area contributed by atoms with Crippen LogP contribution < -0.4 is 4.72 Å². The van der Waals surface area contributed by atoms with Gasteiger partial charge in [-0.2, -0.15) is 0 Å². The Kier molecular flexibility index (Phi) is 3.74. The van der Waals surface area contributed by atoms with Gasteiger partial charge in [0.25, 0.3) is 0 Å². The molecule has 1 atom stereocenters. The number of halogens is 2. The fourth-order valence-corrected chi connectivity index (χ4v) is 4.12. The highest BCUT2D eigenvalue weighted by atomic mass is 32.2. The van der Waals surface area contributed by atoms with Gasteiger partial charge in [0.05, 0.1) is 0 Å². The van der Waals surface area contributed by atoms with Gasteiger partial charge in [0, 0.05) is 12.1 Å². The van der Waals surface area contributed by atoms with E-state index in [2.05, 4.69) is 4.72 Å². The van der Waals surface area contributed by atoms with Crippen LogP contribution in [0.1, 0.15) is 29.2 Å². The molecule has 116 valence electrons. The Morgan fingerprint density at radius 2 is 1.91 bits per heavy atom. The predicted molar refractivity (Wildman–Crippen MR) is 78.9 cm³/mol. The molecule has 1 unspecified atom stereocenters. The molecule has 1 aliphatic rings. The first kappa shape index (κ1) is 15.1. The molecule has 0 bridgehead atoms. The Balaban J connectivity index is 1.91. The molecule has 22 heavy (non-hydrogen) atoms. The third kappa shape index (κ3) is 2.76. The van der Waals surface area contributed by atoms with E-state index in [1.165, 1.54) is 0 Å². The van der Waals surface area contributed by atoms with Crippen molar-refractivity contribution < 1.29 is 17.2 Å². The Bertz CT molecular complexity index is 834. The summed E-state index contributed by atoms with van der Waals surface area (Å²) in [5.41, 5.74) is 3.14. The number of aryl methyl sites for hydroxylation is 2. The molecule has 1 aliphatic carbocycles. The molecular formula is C16H15F2NO2S. The second kappa shape index (κ2) is 5.44. The van der Waals surface area contributed by atoms with E-state index in [4.69, 9.17) is 0 Å². The maximum atomic E-state index is 13.7. The summed E-state index contributed by atoms with van der Waals surface area (Å²) in [5, 5.41) is 0. The zero-order chi connectivity index (χ0) is 15.9. The standard InChI is InChI=1S/C16H15F2NO2S/c1-10-2-5-13-11(8-10)3-6-15(13)19-22(20,21)16-7-4-12(17)9-14(16)18/h2,4-5,7-9,15,19H,3,6H2,1H3. The molecule has 0 aliphatic heterocycles. The van der Waals surface area contributed by atoms with Gasteiger partial charge in [0.15, 0.2) is 0 Å². The molecule has 6 heteroatoms. The molecule has 1 N–H and O–H groups in total. The van der Waals surface area contributed by atoms with Crippen molar-refractivity contribution in [1.29, 1.82) is 0 Å². The second-order valence-electron chi connectivity index (χ2n) is 5.49. The van der Waals surface area contributed by atoms with E-state index in [0.717, 1.165) is 35.2 Å². The van der Waals surface area contributed by atoms with Crippen molar-refractivity contribution in [3.8, 4) is 0 Å². The number of hydrogen-bond donors (Lipinski definition) is 1. The van der Waals surface area contributed by atoms with Crippen LogP contribution in [0.4, 0.5) is 8.78 Å². The lowest BCUT2D eigenvalue weighted by atomic mass is 10.1. The van der Waals surface area contributed by atoms with Crippen molar-refractivity contribution in [2.45, 2.75) is 30.7 Å². The average Bonchev–Trinajstić information content (AvgIpc) is 2.79. The summed E-state index contributed by atoms with van der Waals surface area (Å²) in [4.78, 5) is -0.533. The predicted octanol–water partition coefficient (Wildman–Crippen LogP) is 3.24. The van der Waals surface area contributed by atoms with E-state index in [-0.39, 0.29) is 6.04 Å². The van der Waals surface area contributed by atoms with Gasteiger partial charge in [-0.1, -0.05) is 23.8 Å². The molecule has 2 aromatic carbocycles. The average molecular weight is 323 g/mol. The van der Waals surface area contributed by atoms with Crippen LogP contribution in [0.2, 0.25) is 0 Å². The highest BCUT2D eigenvalue weighted by Crippen LogP contribution is 2.33. The Morgan fingerprint density at radius 1 is 1.14 bits per heavy atom. The van der Waals surface area contributed by atoms with Crippen molar-refractivity contribution in [2.24, 2.45) is 0 Å². The summed E-state index contributed by atoms with van der Waals surface area (Å²) in [5.74, 6) is -1.90. The quantitative estimate of drug-likeness (QED) is 0.942. The Labute approximate surface area is 128 Å². The molecule has 0 amide bonds. The molecule has 0 saturated carbocycles. The minimum atomic E-state index is -4.04. The van der Waals surface area contributed by atoms with Gasteiger partial charge in [-0.3, -0.25) is 0 Å². The van der Waals surface area contributed by atoms with Crippen molar-refractivity contribution in [3.63, 3.8) is 0 Å². The van der Waals surface area contributed by atoms with Gasteiger partial charge in [-0.15, -0.1) is 0 Å². The van der Waals surface area contributed by atoms with Crippen LogP contribution in [0, 0.1) is 18.6 Å². The minimum Gasteiger partial charge on any atom is -0.207 e. The van der Waals surface area contributed by atoms with Gasteiger partial charge < -0.3 is 0 Å². The Morgan fingerprint density at radius 3 is 2.64 bits per heavy atom. The first-order valence-corrected chi connectivity index (χ1v) is 8.42. The SMILES string of the molecule is Cc1ccc2c(c1)CCC2NS(=O)(=O)c1ccc(F)cc1F. The van der Waals surface area contributed by atoms with E-state index in [1.54, 1.807) is 0 Å². The van der Waals surface area contributed by atoms with E-state index < -0.39 is 26.6 Å². The van der Waals surface area contributed by atoms with Crippen LogP contribution in [0.25, 0.3) is 0 Å². The monoisotopic (exact) mass is 323 g/mol. The number of benzene rings is 2. The van der Waals surface area contributed by atoms with Crippen LogP contribution >= 0.6 is 0 Å². The number of fused-ring (bicyclic) bond motifs is 1. The topological polar surface area (TPSA) is 46.2 Å². The number of sulfonamides is 1. The van der Waals surface area contributed by atoms with Gasteiger partial charge in [-0.05, 0) is 43.0 Å². The van der Waals surface area contributed by atoms with Gasteiger partial charge in [0.1, 0.15) is 16.5 Å². The molecule has 0 spiro atoms. The van der Waals surface area contributed by atoms with Gasteiger partial charge in [0.2, 0.25) is 10.0 Å². The lowest BCUT2D eigenvalue weighted by Crippen LogP contribution is -2.28. The molecule has 3 rings (SSSR count). The first-order valence-electron chi connectivity index (χ1n) is 6.93. The van der Waals surface area contributed by atoms with Crippen molar-refractivity contribution in [1.82, 2.24) is 4.72 Å². The van der Waals surface area contributed by atoms with Crippen LogP contribution in [-0.4, -0.2) is 8.42 Å². The van der Waals surface area contributed by atoms with Crippen molar-refractivity contribution in [3.05, 3.63) is 64.7 Å². The van der Waals surface area contributed by atoms with Crippen LogP contribution in [0.5, 0.6) is 0 Å². The molecule has 0 aromatic heterocycles. The maximum Gasteiger partial charge on any atom is 0.244 e. The summed E-state index contributed by atoms with van der Waals surface area (Å²) < 4.78 is 53.8.